The Hall–Kier alpha value is -2.57. The summed E-state index contributed by atoms with van der Waals surface area (Å²) in [5.41, 5.74) is 3.17. The van der Waals surface area contributed by atoms with Crippen LogP contribution in [0, 0.1) is 12.7 Å². The monoisotopic (exact) mass is 381 g/mol. The molecular weight excluding hydrogens is 357 g/mol. The fourth-order valence-corrected chi connectivity index (χ4v) is 3.49. The van der Waals surface area contributed by atoms with Crippen molar-refractivity contribution in [3.05, 3.63) is 71.4 Å². The lowest BCUT2D eigenvalue weighted by molar-refractivity contribution is 0.0247. The topological polar surface area (TPSA) is 51.4 Å². The number of halogens is 1. The molecule has 0 unspecified atom stereocenters. The fraction of sp³-hybridized carbons (Fsp3) is 0.364. The molecule has 28 heavy (non-hydrogen) atoms. The van der Waals surface area contributed by atoms with Crippen LogP contribution < -0.4 is 0 Å². The van der Waals surface area contributed by atoms with E-state index in [-0.39, 0.29) is 5.82 Å². The molecule has 0 spiro atoms. The third-order valence-electron chi connectivity index (χ3n) is 5.11. The molecule has 0 atom stereocenters. The van der Waals surface area contributed by atoms with Crippen LogP contribution in [0.2, 0.25) is 0 Å². The van der Waals surface area contributed by atoms with Gasteiger partial charge in [-0.3, -0.25) is 4.90 Å². The normalized spacial score (nSPS) is 15.2. The summed E-state index contributed by atoms with van der Waals surface area (Å²) in [6, 6.07) is 15.1. The van der Waals surface area contributed by atoms with Crippen LogP contribution in [0.5, 0.6) is 0 Å². The SMILES string of the molecule is Cc1ccc(-c2nnc(CN(Cc3ccc(F)cc3)C3CCOCC3)o2)cc1. The summed E-state index contributed by atoms with van der Waals surface area (Å²) in [5, 5.41) is 8.47. The maximum Gasteiger partial charge on any atom is 0.247 e. The van der Waals surface area contributed by atoms with Crippen molar-refractivity contribution in [2.45, 2.75) is 38.9 Å². The Balaban J connectivity index is 1.51. The molecule has 1 aliphatic heterocycles. The van der Waals surface area contributed by atoms with Gasteiger partial charge in [0.25, 0.3) is 0 Å². The summed E-state index contributed by atoms with van der Waals surface area (Å²) in [5.74, 6) is 0.897. The molecule has 0 radical (unpaired) electrons. The Morgan fingerprint density at radius 1 is 0.964 bits per heavy atom. The van der Waals surface area contributed by atoms with Gasteiger partial charge in [-0.2, -0.15) is 0 Å². The van der Waals surface area contributed by atoms with Crippen molar-refractivity contribution < 1.29 is 13.5 Å². The predicted octanol–water partition coefficient (Wildman–Crippen LogP) is 4.37. The van der Waals surface area contributed by atoms with Gasteiger partial charge in [0.15, 0.2) is 0 Å². The average molecular weight is 381 g/mol. The lowest BCUT2D eigenvalue weighted by Gasteiger charge is -2.33. The van der Waals surface area contributed by atoms with E-state index < -0.39 is 0 Å². The van der Waals surface area contributed by atoms with Gasteiger partial charge in [0.2, 0.25) is 11.8 Å². The van der Waals surface area contributed by atoms with Gasteiger partial charge in [-0.1, -0.05) is 29.8 Å². The van der Waals surface area contributed by atoms with E-state index in [1.807, 2.05) is 43.3 Å². The molecule has 1 saturated heterocycles. The highest BCUT2D eigenvalue weighted by molar-refractivity contribution is 5.52. The highest BCUT2D eigenvalue weighted by atomic mass is 19.1. The maximum atomic E-state index is 13.3. The molecule has 0 N–H and O–H groups in total. The van der Waals surface area contributed by atoms with Crippen molar-refractivity contribution in [1.29, 1.82) is 0 Å². The zero-order chi connectivity index (χ0) is 19.3. The molecule has 0 aliphatic carbocycles. The number of aromatic nitrogens is 2. The van der Waals surface area contributed by atoms with E-state index in [1.54, 1.807) is 0 Å². The summed E-state index contributed by atoms with van der Waals surface area (Å²) in [7, 11) is 0. The highest BCUT2D eigenvalue weighted by Crippen LogP contribution is 2.23. The van der Waals surface area contributed by atoms with Gasteiger partial charge in [0.1, 0.15) is 5.82 Å². The summed E-state index contributed by atoms with van der Waals surface area (Å²) in [6.07, 6.45) is 1.92. The first-order valence-corrected chi connectivity index (χ1v) is 9.63. The van der Waals surface area contributed by atoms with E-state index in [2.05, 4.69) is 15.1 Å². The van der Waals surface area contributed by atoms with Gasteiger partial charge in [0, 0.05) is 31.4 Å². The van der Waals surface area contributed by atoms with Gasteiger partial charge in [-0.25, -0.2) is 4.39 Å². The van der Waals surface area contributed by atoms with Crippen LogP contribution in [0.4, 0.5) is 4.39 Å². The van der Waals surface area contributed by atoms with Crippen molar-refractivity contribution in [3.8, 4) is 11.5 Å². The summed E-state index contributed by atoms with van der Waals surface area (Å²) in [6.45, 7) is 4.81. The maximum absolute atomic E-state index is 13.3. The Labute approximate surface area is 164 Å². The highest BCUT2D eigenvalue weighted by Gasteiger charge is 2.24. The van der Waals surface area contributed by atoms with E-state index in [0.717, 1.165) is 37.2 Å². The minimum absolute atomic E-state index is 0.221. The zero-order valence-electron chi connectivity index (χ0n) is 16.0. The quantitative estimate of drug-likeness (QED) is 0.635. The third-order valence-corrected chi connectivity index (χ3v) is 5.11. The molecule has 146 valence electrons. The standard InChI is InChI=1S/C22H24FN3O2/c1-16-2-6-18(7-3-16)22-25-24-21(28-22)15-26(20-10-12-27-13-11-20)14-17-4-8-19(23)9-5-17/h2-9,20H,10-15H2,1H3. The van der Waals surface area contributed by atoms with Crippen LogP contribution in [0.25, 0.3) is 11.5 Å². The summed E-state index contributed by atoms with van der Waals surface area (Å²) in [4.78, 5) is 2.32. The third kappa shape index (κ3) is 4.64. The van der Waals surface area contributed by atoms with E-state index >= 15 is 0 Å². The molecule has 1 fully saturated rings. The second-order valence-corrected chi connectivity index (χ2v) is 7.24. The first-order chi connectivity index (χ1) is 13.7. The van der Waals surface area contributed by atoms with Gasteiger partial charge in [0.05, 0.1) is 6.54 Å². The Bertz CT molecular complexity index is 887. The van der Waals surface area contributed by atoms with Crippen molar-refractivity contribution in [1.82, 2.24) is 15.1 Å². The first kappa shape index (κ1) is 18.8. The lowest BCUT2D eigenvalue weighted by atomic mass is 10.1. The van der Waals surface area contributed by atoms with Crippen LogP contribution in [0.15, 0.2) is 52.9 Å². The van der Waals surface area contributed by atoms with Gasteiger partial charge in [-0.15, -0.1) is 10.2 Å². The van der Waals surface area contributed by atoms with E-state index in [9.17, 15) is 4.39 Å². The van der Waals surface area contributed by atoms with Gasteiger partial charge < -0.3 is 9.15 Å². The fourth-order valence-electron chi connectivity index (χ4n) is 3.49. The molecule has 0 saturated carbocycles. The second-order valence-electron chi connectivity index (χ2n) is 7.24. The van der Waals surface area contributed by atoms with Crippen LogP contribution in [-0.4, -0.2) is 34.4 Å². The molecule has 5 nitrogen and oxygen atoms in total. The molecule has 0 amide bonds. The molecule has 2 heterocycles. The van der Waals surface area contributed by atoms with Crippen LogP contribution in [-0.2, 0) is 17.8 Å². The number of hydrogen-bond acceptors (Lipinski definition) is 5. The van der Waals surface area contributed by atoms with Crippen LogP contribution in [0.3, 0.4) is 0 Å². The minimum atomic E-state index is -0.221. The Morgan fingerprint density at radius 3 is 2.39 bits per heavy atom. The van der Waals surface area contributed by atoms with Crippen molar-refractivity contribution in [2.75, 3.05) is 13.2 Å². The molecule has 1 aromatic heterocycles. The average Bonchev–Trinajstić information content (AvgIpc) is 3.19. The molecule has 4 rings (SSSR count). The van der Waals surface area contributed by atoms with Gasteiger partial charge >= 0.3 is 0 Å². The molecule has 1 aliphatic rings. The van der Waals surface area contributed by atoms with Crippen molar-refractivity contribution in [2.24, 2.45) is 0 Å². The van der Waals surface area contributed by atoms with E-state index in [1.165, 1.54) is 17.7 Å². The molecule has 2 aromatic carbocycles. The number of benzene rings is 2. The predicted molar refractivity (Wildman–Crippen MR) is 104 cm³/mol. The summed E-state index contributed by atoms with van der Waals surface area (Å²) < 4.78 is 24.7. The van der Waals surface area contributed by atoms with Crippen molar-refractivity contribution in [3.63, 3.8) is 0 Å². The Kier molecular flexibility index (Phi) is 5.78. The largest absolute Gasteiger partial charge is 0.419 e. The minimum Gasteiger partial charge on any atom is -0.419 e. The second kappa shape index (κ2) is 8.63. The Morgan fingerprint density at radius 2 is 1.68 bits per heavy atom. The van der Waals surface area contributed by atoms with Gasteiger partial charge in [-0.05, 0) is 49.6 Å². The number of ether oxygens (including phenoxy) is 1. The number of aryl methyl sites for hydroxylation is 1. The lowest BCUT2D eigenvalue weighted by Crippen LogP contribution is -2.38. The zero-order valence-corrected chi connectivity index (χ0v) is 16.0. The van der Waals surface area contributed by atoms with E-state index in [4.69, 9.17) is 9.15 Å². The smallest absolute Gasteiger partial charge is 0.247 e. The molecule has 6 heteroatoms. The summed E-state index contributed by atoms with van der Waals surface area (Å²) >= 11 is 0. The first-order valence-electron chi connectivity index (χ1n) is 9.63. The molecule has 0 bridgehead atoms. The number of hydrogen-bond donors (Lipinski definition) is 0. The molecular formula is C22H24FN3O2. The molecule has 3 aromatic rings. The van der Waals surface area contributed by atoms with Crippen LogP contribution >= 0.6 is 0 Å². The van der Waals surface area contributed by atoms with E-state index in [0.29, 0.717) is 30.9 Å². The number of rotatable bonds is 6. The van der Waals surface area contributed by atoms with Crippen molar-refractivity contribution >= 4 is 0 Å². The number of nitrogens with zero attached hydrogens (tertiary/aromatic N) is 3. The van der Waals surface area contributed by atoms with Crippen LogP contribution in [0.1, 0.15) is 29.9 Å².